The van der Waals surface area contributed by atoms with Crippen LogP contribution in [0.3, 0.4) is 0 Å². The fourth-order valence-corrected chi connectivity index (χ4v) is 4.67. The third-order valence-corrected chi connectivity index (χ3v) is 6.56. The van der Waals surface area contributed by atoms with Gasteiger partial charge in [0.25, 0.3) is 0 Å². The molecule has 1 aromatic carbocycles. The van der Waals surface area contributed by atoms with Gasteiger partial charge in [-0.25, -0.2) is 0 Å². The molecule has 0 bridgehead atoms. The number of nitrogens with one attached hydrogen (secondary N) is 1. The maximum absolute atomic E-state index is 12.4. The molecule has 4 nitrogen and oxygen atoms in total. The van der Waals surface area contributed by atoms with Crippen LogP contribution in [0, 0.1) is 5.41 Å². The second-order valence-electron chi connectivity index (χ2n) is 8.36. The van der Waals surface area contributed by atoms with Crippen LogP contribution in [0.4, 0.5) is 5.69 Å². The lowest BCUT2D eigenvalue weighted by atomic mass is 9.79. The standard InChI is InChI=1S/C22H35N3O/c1-5-22(6-2)15-18(23-21(22)26)16-24-11-13-25(14-12-24)20-10-8-7-9-19(20)17(3)4/h7-10,17-18H,5-6,11-16H2,1-4H3,(H,23,26)/t18-/m1/s1. The van der Waals surface area contributed by atoms with Crippen molar-refractivity contribution in [3.63, 3.8) is 0 Å². The molecule has 1 aromatic rings. The van der Waals surface area contributed by atoms with Crippen LogP contribution < -0.4 is 10.2 Å². The Balaban J connectivity index is 1.56. The SMILES string of the molecule is CCC1(CC)C[C@H](CN2CCN(c3ccccc3C(C)C)CC2)NC1=O. The summed E-state index contributed by atoms with van der Waals surface area (Å²) in [5.74, 6) is 0.825. The van der Waals surface area contributed by atoms with Crippen molar-refractivity contribution in [3.05, 3.63) is 29.8 Å². The lowest BCUT2D eigenvalue weighted by Crippen LogP contribution is -2.50. The smallest absolute Gasteiger partial charge is 0.226 e. The molecule has 2 heterocycles. The van der Waals surface area contributed by atoms with E-state index in [1.807, 2.05) is 0 Å². The summed E-state index contributed by atoms with van der Waals surface area (Å²) in [5.41, 5.74) is 2.72. The van der Waals surface area contributed by atoms with Crippen molar-refractivity contribution in [1.82, 2.24) is 10.2 Å². The van der Waals surface area contributed by atoms with E-state index < -0.39 is 0 Å². The average Bonchev–Trinajstić information content (AvgIpc) is 2.98. The second kappa shape index (κ2) is 7.99. The number of rotatable bonds is 6. The molecule has 0 radical (unpaired) electrons. The number of piperazine rings is 1. The van der Waals surface area contributed by atoms with Gasteiger partial charge >= 0.3 is 0 Å². The number of amides is 1. The van der Waals surface area contributed by atoms with Gasteiger partial charge in [-0.2, -0.15) is 0 Å². The van der Waals surface area contributed by atoms with Gasteiger partial charge in [0, 0.05) is 44.5 Å². The third kappa shape index (κ3) is 3.75. The van der Waals surface area contributed by atoms with Gasteiger partial charge in [-0.3, -0.25) is 9.69 Å². The van der Waals surface area contributed by atoms with Gasteiger partial charge in [0.1, 0.15) is 0 Å². The minimum absolute atomic E-state index is 0.122. The van der Waals surface area contributed by atoms with Crippen LogP contribution in [0.25, 0.3) is 0 Å². The molecule has 0 aromatic heterocycles. The lowest BCUT2D eigenvalue weighted by Gasteiger charge is -2.38. The number of hydrogen-bond acceptors (Lipinski definition) is 3. The zero-order chi connectivity index (χ0) is 18.7. The van der Waals surface area contributed by atoms with Gasteiger partial charge in [0.15, 0.2) is 0 Å². The molecule has 2 aliphatic rings. The summed E-state index contributed by atoms with van der Waals surface area (Å²) in [6.07, 6.45) is 2.90. The van der Waals surface area contributed by atoms with E-state index in [4.69, 9.17) is 0 Å². The molecule has 0 unspecified atom stereocenters. The first kappa shape index (κ1) is 19.2. The summed E-state index contributed by atoms with van der Waals surface area (Å²) in [6, 6.07) is 9.13. The first-order chi connectivity index (χ1) is 12.5. The zero-order valence-corrected chi connectivity index (χ0v) is 16.9. The summed E-state index contributed by atoms with van der Waals surface area (Å²) >= 11 is 0. The molecule has 2 fully saturated rings. The van der Waals surface area contributed by atoms with Gasteiger partial charge in [-0.15, -0.1) is 0 Å². The Hall–Kier alpha value is -1.55. The molecule has 3 rings (SSSR count). The van der Waals surface area contributed by atoms with Gasteiger partial charge in [-0.05, 0) is 36.8 Å². The third-order valence-electron chi connectivity index (χ3n) is 6.56. The Morgan fingerprint density at radius 1 is 1.12 bits per heavy atom. The maximum Gasteiger partial charge on any atom is 0.226 e. The van der Waals surface area contributed by atoms with E-state index in [9.17, 15) is 4.79 Å². The van der Waals surface area contributed by atoms with Crippen LogP contribution in [0.5, 0.6) is 0 Å². The second-order valence-corrected chi connectivity index (χ2v) is 8.36. The zero-order valence-electron chi connectivity index (χ0n) is 16.9. The lowest BCUT2D eigenvalue weighted by molar-refractivity contribution is -0.128. The number of carbonyl (C=O) groups excluding carboxylic acids is 1. The summed E-state index contributed by atoms with van der Waals surface area (Å²) in [5, 5.41) is 3.27. The molecule has 26 heavy (non-hydrogen) atoms. The highest BCUT2D eigenvalue weighted by Crippen LogP contribution is 2.37. The predicted molar refractivity (Wildman–Crippen MR) is 109 cm³/mol. The van der Waals surface area contributed by atoms with Crippen molar-refractivity contribution in [2.24, 2.45) is 5.41 Å². The Morgan fingerprint density at radius 2 is 1.77 bits per heavy atom. The van der Waals surface area contributed by atoms with Crippen LogP contribution in [0.1, 0.15) is 58.4 Å². The number of carbonyl (C=O) groups is 1. The Kier molecular flexibility index (Phi) is 5.91. The maximum atomic E-state index is 12.4. The van der Waals surface area contributed by atoms with E-state index in [1.165, 1.54) is 11.3 Å². The summed E-state index contributed by atoms with van der Waals surface area (Å²) in [4.78, 5) is 17.5. The van der Waals surface area contributed by atoms with Crippen molar-refractivity contribution < 1.29 is 4.79 Å². The van der Waals surface area contributed by atoms with E-state index in [1.54, 1.807) is 0 Å². The van der Waals surface area contributed by atoms with Crippen LogP contribution >= 0.6 is 0 Å². The molecule has 1 atom stereocenters. The first-order valence-electron chi connectivity index (χ1n) is 10.4. The monoisotopic (exact) mass is 357 g/mol. The largest absolute Gasteiger partial charge is 0.369 e. The summed E-state index contributed by atoms with van der Waals surface area (Å²) < 4.78 is 0. The number of nitrogens with zero attached hydrogens (tertiary/aromatic N) is 2. The molecular weight excluding hydrogens is 322 g/mol. The van der Waals surface area contributed by atoms with Gasteiger partial charge in [0.05, 0.1) is 5.41 Å². The van der Waals surface area contributed by atoms with Crippen LogP contribution in [0.2, 0.25) is 0 Å². The average molecular weight is 358 g/mol. The molecule has 2 aliphatic heterocycles. The number of anilines is 1. The highest BCUT2D eigenvalue weighted by atomic mass is 16.2. The Morgan fingerprint density at radius 3 is 2.35 bits per heavy atom. The fourth-order valence-electron chi connectivity index (χ4n) is 4.67. The van der Waals surface area contributed by atoms with Gasteiger partial charge in [-0.1, -0.05) is 45.9 Å². The minimum atomic E-state index is -0.122. The topological polar surface area (TPSA) is 35.6 Å². The predicted octanol–water partition coefficient (Wildman–Crippen LogP) is 3.63. The highest BCUT2D eigenvalue weighted by molar-refractivity contribution is 5.85. The van der Waals surface area contributed by atoms with Gasteiger partial charge in [0.2, 0.25) is 5.91 Å². The van der Waals surface area contributed by atoms with E-state index in [0.29, 0.717) is 12.0 Å². The first-order valence-corrected chi connectivity index (χ1v) is 10.4. The highest BCUT2D eigenvalue weighted by Gasteiger charge is 2.44. The van der Waals surface area contributed by atoms with Crippen molar-refractivity contribution in [2.75, 3.05) is 37.6 Å². The van der Waals surface area contributed by atoms with Crippen molar-refractivity contribution in [2.45, 2.75) is 58.9 Å². The minimum Gasteiger partial charge on any atom is -0.369 e. The van der Waals surface area contributed by atoms with E-state index in [0.717, 1.165) is 52.0 Å². The van der Waals surface area contributed by atoms with Crippen molar-refractivity contribution in [3.8, 4) is 0 Å². The van der Waals surface area contributed by atoms with E-state index in [2.05, 4.69) is 67.1 Å². The van der Waals surface area contributed by atoms with Crippen LogP contribution in [0.15, 0.2) is 24.3 Å². The molecular formula is C22H35N3O. The quantitative estimate of drug-likeness (QED) is 0.844. The van der Waals surface area contributed by atoms with Gasteiger partial charge < -0.3 is 10.2 Å². The fraction of sp³-hybridized carbons (Fsp3) is 0.682. The van der Waals surface area contributed by atoms with Crippen LogP contribution in [-0.2, 0) is 4.79 Å². The molecule has 1 amide bonds. The molecule has 0 spiro atoms. The molecule has 2 saturated heterocycles. The summed E-state index contributed by atoms with van der Waals surface area (Å²) in [7, 11) is 0. The Labute approximate surface area is 158 Å². The molecule has 0 aliphatic carbocycles. The number of hydrogen-bond donors (Lipinski definition) is 1. The summed E-state index contributed by atoms with van der Waals surface area (Å²) in [6.45, 7) is 14.1. The number of benzene rings is 1. The number of para-hydroxylation sites is 1. The van der Waals surface area contributed by atoms with Crippen LogP contribution in [-0.4, -0.2) is 49.6 Å². The van der Waals surface area contributed by atoms with E-state index in [-0.39, 0.29) is 11.3 Å². The molecule has 1 N–H and O–H groups in total. The van der Waals surface area contributed by atoms with Crippen molar-refractivity contribution in [1.29, 1.82) is 0 Å². The molecule has 0 saturated carbocycles. The molecule has 144 valence electrons. The van der Waals surface area contributed by atoms with Crippen molar-refractivity contribution >= 4 is 11.6 Å². The van der Waals surface area contributed by atoms with E-state index >= 15 is 0 Å². The normalized spacial score (nSPS) is 23.5. The Bertz CT molecular complexity index is 616. The molecule has 4 heteroatoms.